The van der Waals surface area contributed by atoms with Crippen LogP contribution in [-0.4, -0.2) is 29.1 Å². The molecule has 1 heterocycles. The van der Waals surface area contributed by atoms with E-state index in [2.05, 4.69) is 58.2 Å². The lowest BCUT2D eigenvalue weighted by Crippen LogP contribution is -2.41. The second kappa shape index (κ2) is 14.3. The van der Waals surface area contributed by atoms with Crippen LogP contribution in [0.3, 0.4) is 0 Å². The number of hydrogen-bond donors (Lipinski definition) is 0. The van der Waals surface area contributed by atoms with Crippen molar-refractivity contribution in [1.29, 1.82) is 0 Å². The molecule has 31 heavy (non-hydrogen) atoms. The molecule has 0 bridgehead atoms. The van der Waals surface area contributed by atoms with Gasteiger partial charge in [0.05, 0.1) is 6.33 Å². The number of thioether (sulfide) groups is 1. The van der Waals surface area contributed by atoms with E-state index in [1.165, 1.54) is 16.8 Å². The Morgan fingerprint density at radius 2 is 1.81 bits per heavy atom. The zero-order valence-corrected chi connectivity index (χ0v) is 20.7. The van der Waals surface area contributed by atoms with Gasteiger partial charge in [0.2, 0.25) is 6.71 Å². The molecule has 7 heteroatoms. The van der Waals surface area contributed by atoms with Crippen molar-refractivity contribution in [2.45, 2.75) is 38.2 Å². The van der Waals surface area contributed by atoms with Crippen molar-refractivity contribution >= 4 is 45.3 Å². The number of ether oxygens (including phenoxy) is 1. The van der Waals surface area contributed by atoms with Crippen molar-refractivity contribution in [3.63, 3.8) is 0 Å². The number of halogens is 2. The predicted octanol–water partition coefficient (Wildman–Crippen LogP) is 5.72. The van der Waals surface area contributed by atoms with E-state index in [-0.39, 0.29) is 12.5 Å². The lowest BCUT2D eigenvalue weighted by atomic mass is 9.39. The molecule has 0 saturated heterocycles. The Kier molecular flexibility index (Phi) is 11.7. The summed E-state index contributed by atoms with van der Waals surface area (Å²) in [5.41, 5.74) is 2.41. The van der Waals surface area contributed by atoms with E-state index in [9.17, 15) is 4.39 Å². The molecule has 0 unspecified atom stereocenters. The Labute approximate surface area is 198 Å². The maximum atomic E-state index is 13.2. The number of methoxy groups -OCH3 is 1. The first-order chi connectivity index (χ1) is 15.0. The van der Waals surface area contributed by atoms with Crippen LogP contribution in [0.1, 0.15) is 20.3 Å². The summed E-state index contributed by atoms with van der Waals surface area (Å²) in [5.74, 6) is 0.956. The molecule has 0 amide bonds. The average molecular weight is 503 g/mol. The van der Waals surface area contributed by atoms with Crippen LogP contribution in [0.15, 0.2) is 82.7 Å². The zero-order valence-electron chi connectivity index (χ0n) is 18.3. The van der Waals surface area contributed by atoms with Crippen molar-refractivity contribution in [3.8, 4) is 0 Å². The predicted molar refractivity (Wildman–Crippen MR) is 136 cm³/mol. The van der Waals surface area contributed by atoms with Gasteiger partial charge >= 0.3 is 0 Å². The van der Waals surface area contributed by atoms with Crippen molar-refractivity contribution in [3.05, 3.63) is 83.6 Å². The number of aromatic nitrogens is 2. The number of hydrogen-bond acceptors (Lipinski definition) is 3. The standard InChI is InChI=1S/C19H21BBrFS.C5H8N2O/c1-3-14-23-19-10-6-17(7-11-19)20(13-12-15(2)21)16-4-8-18(22)9-5-16;1-8-5-7-3-2-6-4-7/h4-12H,3,13-14H2,1-2H3;2-4H,5H2,1H3. The van der Waals surface area contributed by atoms with Crippen LogP contribution in [0.25, 0.3) is 0 Å². The van der Waals surface area contributed by atoms with Crippen molar-refractivity contribution in [1.82, 2.24) is 9.55 Å². The fourth-order valence-corrected chi connectivity index (χ4v) is 3.92. The van der Waals surface area contributed by atoms with Crippen molar-refractivity contribution in [2.75, 3.05) is 12.9 Å². The Bertz CT molecular complexity index is 898. The molecule has 2 aromatic carbocycles. The molecule has 0 aliphatic carbocycles. The summed E-state index contributed by atoms with van der Waals surface area (Å²) >= 11 is 5.39. The fourth-order valence-electron chi connectivity index (χ4n) is 2.97. The highest BCUT2D eigenvalue weighted by molar-refractivity contribution is 9.11. The van der Waals surface area contributed by atoms with Gasteiger partial charge in [-0.3, -0.25) is 0 Å². The molecule has 0 spiro atoms. The van der Waals surface area contributed by atoms with E-state index in [1.807, 2.05) is 41.6 Å². The molecule has 0 radical (unpaired) electrons. The first kappa shape index (κ1) is 25.4. The van der Waals surface area contributed by atoms with Gasteiger partial charge in [-0.2, -0.15) is 0 Å². The second-order valence-electron chi connectivity index (χ2n) is 7.04. The SMILES string of the molecule is CCCSc1ccc(B(CC=C(C)Br)c2ccc(F)cc2)cc1.COCn1ccnc1. The summed E-state index contributed by atoms with van der Waals surface area (Å²) < 4.78 is 21.0. The Morgan fingerprint density at radius 1 is 1.16 bits per heavy atom. The lowest BCUT2D eigenvalue weighted by Gasteiger charge is -2.14. The highest BCUT2D eigenvalue weighted by atomic mass is 79.9. The fraction of sp³-hybridized carbons (Fsp3) is 0.292. The third-order valence-corrected chi connectivity index (χ3v) is 6.04. The summed E-state index contributed by atoms with van der Waals surface area (Å²) in [6, 6.07) is 15.6. The van der Waals surface area contributed by atoms with Crippen LogP contribution in [0.4, 0.5) is 4.39 Å². The number of benzene rings is 2. The third-order valence-electron chi connectivity index (χ3n) is 4.50. The molecule has 1 aromatic heterocycles. The van der Waals surface area contributed by atoms with Crippen LogP contribution in [-0.2, 0) is 11.5 Å². The molecule has 0 N–H and O–H groups in total. The van der Waals surface area contributed by atoms with E-state index < -0.39 is 0 Å². The molecular weight excluding hydrogens is 474 g/mol. The van der Waals surface area contributed by atoms with Crippen LogP contribution >= 0.6 is 27.7 Å². The minimum Gasteiger partial charge on any atom is -0.364 e. The van der Waals surface area contributed by atoms with E-state index in [1.54, 1.807) is 31.8 Å². The molecule has 3 nitrogen and oxygen atoms in total. The molecule has 0 aliphatic rings. The molecular formula is C24H29BBrFN2OS. The first-order valence-electron chi connectivity index (χ1n) is 10.3. The maximum absolute atomic E-state index is 13.2. The van der Waals surface area contributed by atoms with Gasteiger partial charge in [0.25, 0.3) is 0 Å². The highest BCUT2D eigenvalue weighted by Gasteiger charge is 2.18. The second-order valence-corrected chi connectivity index (χ2v) is 9.46. The Hall–Kier alpha value is -1.83. The van der Waals surface area contributed by atoms with E-state index >= 15 is 0 Å². The first-order valence-corrected chi connectivity index (χ1v) is 12.1. The van der Waals surface area contributed by atoms with Crippen molar-refractivity contribution < 1.29 is 9.13 Å². The Morgan fingerprint density at radius 3 is 2.32 bits per heavy atom. The van der Waals surface area contributed by atoms with Gasteiger partial charge in [-0.05, 0) is 54.2 Å². The highest BCUT2D eigenvalue weighted by Crippen LogP contribution is 2.17. The van der Waals surface area contributed by atoms with E-state index in [0.717, 1.165) is 22.0 Å². The van der Waals surface area contributed by atoms with Crippen LogP contribution < -0.4 is 10.9 Å². The van der Waals surface area contributed by atoms with Crippen molar-refractivity contribution in [2.24, 2.45) is 0 Å². The van der Waals surface area contributed by atoms with Gasteiger partial charge in [-0.25, -0.2) is 9.37 Å². The monoisotopic (exact) mass is 502 g/mol. The lowest BCUT2D eigenvalue weighted by molar-refractivity contribution is 0.131. The number of rotatable bonds is 9. The summed E-state index contributed by atoms with van der Waals surface area (Å²) in [6.45, 7) is 5.06. The van der Waals surface area contributed by atoms with Gasteiger partial charge in [-0.1, -0.05) is 64.1 Å². The summed E-state index contributed by atoms with van der Waals surface area (Å²) in [7, 11) is 1.65. The topological polar surface area (TPSA) is 27.1 Å². The van der Waals surface area contributed by atoms with E-state index in [0.29, 0.717) is 6.73 Å². The minimum atomic E-state index is -0.189. The smallest absolute Gasteiger partial charge is 0.213 e. The third kappa shape index (κ3) is 9.46. The van der Waals surface area contributed by atoms with Gasteiger partial charge in [-0.15, -0.1) is 11.8 Å². The van der Waals surface area contributed by atoms with Crippen LogP contribution in [0.2, 0.25) is 6.32 Å². The summed E-state index contributed by atoms with van der Waals surface area (Å²) in [5, 5.41) is 0. The van der Waals surface area contributed by atoms with E-state index in [4.69, 9.17) is 4.74 Å². The van der Waals surface area contributed by atoms with Crippen LogP contribution in [0, 0.1) is 5.82 Å². The molecule has 164 valence electrons. The van der Waals surface area contributed by atoms with Gasteiger partial charge in [0, 0.05) is 24.4 Å². The zero-order chi connectivity index (χ0) is 22.5. The molecule has 0 saturated carbocycles. The largest absolute Gasteiger partial charge is 0.364 e. The summed E-state index contributed by atoms with van der Waals surface area (Å²) in [6.07, 6.45) is 9.53. The minimum absolute atomic E-state index is 0.189. The number of imidazole rings is 1. The molecule has 0 atom stereocenters. The molecule has 3 rings (SSSR count). The van der Waals surface area contributed by atoms with Crippen LogP contribution in [0.5, 0.6) is 0 Å². The van der Waals surface area contributed by atoms with Gasteiger partial charge in [0.1, 0.15) is 12.5 Å². The molecule has 0 fully saturated rings. The summed E-state index contributed by atoms with van der Waals surface area (Å²) in [4.78, 5) is 5.13. The Balaban J connectivity index is 0.000000357. The average Bonchev–Trinajstić information content (AvgIpc) is 3.28. The molecule has 3 aromatic rings. The van der Waals surface area contributed by atoms with Gasteiger partial charge in [0.15, 0.2) is 0 Å². The molecule has 0 aliphatic heterocycles. The quantitative estimate of drug-likeness (QED) is 0.276. The van der Waals surface area contributed by atoms with Gasteiger partial charge < -0.3 is 9.30 Å². The normalized spacial score (nSPS) is 11.1. The maximum Gasteiger partial charge on any atom is 0.213 e. The number of allylic oxidation sites excluding steroid dienone is 2. The number of nitrogens with zero attached hydrogens (tertiary/aromatic N) is 2.